The second-order valence-corrected chi connectivity index (χ2v) is 21.3. The Morgan fingerprint density at radius 2 is 0.306 bits per heavy atom. The molecule has 0 aliphatic carbocycles. The van der Waals surface area contributed by atoms with E-state index < -0.39 is 48.1 Å². The van der Waals surface area contributed by atoms with Gasteiger partial charge in [0.1, 0.15) is 34.7 Å². The summed E-state index contributed by atoms with van der Waals surface area (Å²) in [7, 11) is -12.0. The maximum atomic E-state index is 10.5. The maximum Gasteiger partial charge on any atom is 3.00 e. The van der Waals surface area contributed by atoms with Crippen molar-refractivity contribution in [2.24, 2.45) is 0 Å². The van der Waals surface area contributed by atoms with Crippen molar-refractivity contribution in [3.05, 3.63) is 0 Å². The van der Waals surface area contributed by atoms with Gasteiger partial charge in [0.15, 0.2) is 0 Å². The van der Waals surface area contributed by atoms with E-state index in [0.29, 0.717) is 0 Å². The largest absolute Gasteiger partial charge is 3.00 e. The Labute approximate surface area is 534 Å². The molecule has 0 aromatic carbocycles. The summed E-state index contributed by atoms with van der Waals surface area (Å²) in [6.07, 6.45) is 15.3. The van der Waals surface area contributed by atoms with E-state index in [9.17, 15) is 93.9 Å². The molecule has 0 amide bonds. The molecule has 85 heavy (non-hydrogen) atoms. The minimum Gasteiger partial charge on any atom is -0.844 e. The fourth-order valence-corrected chi connectivity index (χ4v) is 3.06. The number of ketones is 6. The monoisotopic (exact) mass is 1390 g/mol. The maximum absolute atomic E-state index is 10.5. The van der Waals surface area contributed by atoms with Gasteiger partial charge in [0.25, 0.3) is 0 Å². The molecule has 1 radical (unpaired) electrons. The SMILES string of the molecule is C1CCOC1.C1CCOC1.C1CCOC1.C1CCOC1.C1CCOC1.C1CCOC1.CC(=O)C(C)(C)[O-].CC(=O)C(C)(C)[O-].CC(=O)C(C)(C)[O-].CC(=O)C(C)(C)[O-].CC(=O)C(C)(C)[O-].CC(=O)C(C)(C)[O-].F[B-](F)(F)F.F[B-](F)(F)F.[Co+2].[Co+3].[Co+3]. The van der Waals surface area contributed by atoms with Crippen molar-refractivity contribution in [3.8, 4) is 0 Å². The first-order valence-electron chi connectivity index (χ1n) is 27.2. The fraction of sp³-hybridized carbons (Fsp3) is 0.889. The summed E-state index contributed by atoms with van der Waals surface area (Å²) in [5.41, 5.74) is -8.33. The molecule has 0 saturated carbocycles. The van der Waals surface area contributed by atoms with Gasteiger partial charge in [0.2, 0.25) is 0 Å². The number of Topliss-reactive ketones (excluding diaryl/α,β-unsaturated/α-hetero) is 6. The molecule has 0 atom stereocenters. The standard InChI is InChI=1S/6C5H9O2.6C4H8O.2BF4.3Co/c6*1-4(6)5(2,3)7;6*1-2-4-5-3-1;2*2-1(3,4)5;;;/h6*1-3H3;6*1-4H2;;;;;/q6*-1;;;;;;;2*-1;+2;2*+3. The predicted octanol–water partition coefficient (Wildman–Crippen LogP) is 5.66. The smallest absolute Gasteiger partial charge is 0.844 e. The van der Waals surface area contributed by atoms with Crippen molar-refractivity contribution in [2.75, 3.05) is 79.3 Å². The van der Waals surface area contributed by atoms with Crippen LogP contribution in [-0.2, 0) is 108 Å². The van der Waals surface area contributed by atoms with Crippen LogP contribution in [0.5, 0.6) is 0 Å². The van der Waals surface area contributed by atoms with E-state index in [1.165, 1.54) is 202 Å². The van der Waals surface area contributed by atoms with Crippen LogP contribution in [0.2, 0.25) is 0 Å². The van der Waals surface area contributed by atoms with E-state index in [1.54, 1.807) is 0 Å². The first kappa shape index (κ1) is 108. The molecule has 0 N–H and O–H groups in total. The third-order valence-electron chi connectivity index (χ3n) is 10.1. The van der Waals surface area contributed by atoms with Crippen molar-refractivity contribution in [3.63, 3.8) is 0 Å². The molecular formula is C54H102B2Co3F8O18. The van der Waals surface area contributed by atoms with Crippen LogP contribution in [0.25, 0.3) is 0 Å². The van der Waals surface area contributed by atoms with Crippen LogP contribution < -0.4 is 30.6 Å². The summed E-state index contributed by atoms with van der Waals surface area (Å²) >= 11 is 0. The molecular weight excluding hydrogens is 1290 g/mol. The zero-order valence-corrected chi connectivity index (χ0v) is 56.6. The molecule has 515 valence electrons. The van der Waals surface area contributed by atoms with E-state index in [0.717, 1.165) is 79.3 Å². The van der Waals surface area contributed by atoms with E-state index in [1.807, 2.05) is 0 Å². The van der Waals surface area contributed by atoms with Crippen molar-refractivity contribution in [2.45, 2.75) is 235 Å². The van der Waals surface area contributed by atoms with Gasteiger partial charge in [0.05, 0.1) is 0 Å². The van der Waals surface area contributed by atoms with Crippen LogP contribution in [0, 0.1) is 0 Å². The molecule has 6 rings (SSSR count). The molecule has 0 bridgehead atoms. The Morgan fingerprint density at radius 3 is 0.318 bits per heavy atom. The number of hydrogen-bond acceptors (Lipinski definition) is 18. The number of halogens is 8. The topological polar surface area (TPSA) is 296 Å². The minimum absolute atomic E-state index is 0. The number of carbonyl (C=O) groups excluding carboxylic acids is 6. The van der Waals surface area contributed by atoms with Gasteiger partial charge in [-0.2, -0.15) is 0 Å². The molecule has 0 spiro atoms. The Kier molecular flexibility index (Phi) is 78.3. The normalized spacial score (nSPS) is 15.5. The van der Waals surface area contributed by atoms with Crippen LogP contribution in [0.15, 0.2) is 0 Å². The van der Waals surface area contributed by atoms with Gasteiger partial charge in [0, 0.05) is 79.3 Å². The minimum atomic E-state index is -6.00. The van der Waals surface area contributed by atoms with Crippen LogP contribution in [0.1, 0.15) is 202 Å². The number of rotatable bonds is 6. The van der Waals surface area contributed by atoms with Crippen LogP contribution in [0.3, 0.4) is 0 Å². The molecule has 0 aromatic heterocycles. The summed E-state index contributed by atoms with van der Waals surface area (Å²) in [6.45, 7) is 36.1. The molecule has 0 aromatic rings. The predicted molar refractivity (Wildman–Crippen MR) is 289 cm³/mol. The Morgan fingerprint density at radius 1 is 0.259 bits per heavy atom. The van der Waals surface area contributed by atoms with Gasteiger partial charge in [-0.05, 0) is 119 Å². The average molecular weight is 1390 g/mol. The van der Waals surface area contributed by atoms with Crippen molar-refractivity contribution in [1.29, 1.82) is 0 Å². The van der Waals surface area contributed by atoms with Gasteiger partial charge in [-0.15, -0.1) is 0 Å². The molecule has 31 heteroatoms. The summed E-state index contributed by atoms with van der Waals surface area (Å²) in [5, 5.41) is 62.7. The third-order valence-corrected chi connectivity index (χ3v) is 10.1. The summed E-state index contributed by atoms with van der Waals surface area (Å²) in [5.74, 6) is -1.87. The average Bonchev–Trinajstić information content (AvgIpc) is 4.15. The quantitative estimate of drug-likeness (QED) is 0.229. The van der Waals surface area contributed by atoms with E-state index in [2.05, 4.69) is 0 Å². The van der Waals surface area contributed by atoms with Crippen LogP contribution in [0.4, 0.5) is 34.5 Å². The Hall–Kier alpha value is -1.37. The molecule has 6 aliphatic heterocycles. The van der Waals surface area contributed by atoms with E-state index >= 15 is 0 Å². The Bertz CT molecular complexity index is 1230. The van der Waals surface area contributed by atoms with Gasteiger partial charge < -0.3 is 122 Å². The molecule has 6 aliphatic rings. The van der Waals surface area contributed by atoms with Gasteiger partial charge in [-0.3, -0.25) is 0 Å². The third kappa shape index (κ3) is 129. The first-order valence-corrected chi connectivity index (χ1v) is 27.2. The zero-order chi connectivity index (χ0) is 66.7. The molecule has 6 saturated heterocycles. The van der Waals surface area contributed by atoms with E-state index in [-0.39, 0.29) is 85.0 Å². The number of ether oxygens (including phenoxy) is 6. The van der Waals surface area contributed by atoms with Crippen LogP contribution in [-0.4, -0.2) is 162 Å². The second-order valence-electron chi connectivity index (χ2n) is 21.3. The molecule has 6 heterocycles. The fourth-order valence-electron chi connectivity index (χ4n) is 3.06. The zero-order valence-electron chi connectivity index (χ0n) is 53.5. The first-order chi connectivity index (χ1) is 36.7. The van der Waals surface area contributed by atoms with E-state index in [4.69, 9.17) is 28.4 Å². The van der Waals surface area contributed by atoms with Crippen molar-refractivity contribution >= 4 is 49.2 Å². The molecule has 0 unspecified atom stereocenters. The summed E-state index contributed by atoms with van der Waals surface area (Å²) in [4.78, 5) is 60.9. The van der Waals surface area contributed by atoms with Crippen molar-refractivity contribution < 1.29 is 173 Å². The number of carbonyl (C=O) groups is 6. The van der Waals surface area contributed by atoms with Gasteiger partial charge in [-0.1, -0.05) is 117 Å². The number of hydrogen-bond donors (Lipinski definition) is 0. The molecule has 6 fully saturated rings. The van der Waals surface area contributed by atoms with Crippen molar-refractivity contribution in [1.82, 2.24) is 0 Å². The van der Waals surface area contributed by atoms with Gasteiger partial charge >= 0.3 is 64.8 Å². The second kappa shape index (κ2) is 61.5. The van der Waals surface area contributed by atoms with Crippen LogP contribution >= 0.6 is 0 Å². The molecule has 18 nitrogen and oxygen atoms in total. The summed E-state index contributed by atoms with van der Waals surface area (Å²) in [6, 6.07) is 0. The Balaban J connectivity index is -0.0000000770. The van der Waals surface area contributed by atoms with Gasteiger partial charge in [-0.25, -0.2) is 0 Å². The summed E-state index contributed by atoms with van der Waals surface area (Å²) < 4.78 is 108.